The zero-order valence-corrected chi connectivity index (χ0v) is 8.28. The molecule has 3 rings (SSSR count). The van der Waals surface area contributed by atoms with Crippen molar-refractivity contribution in [2.24, 2.45) is 0 Å². The molecule has 0 radical (unpaired) electrons. The van der Waals surface area contributed by atoms with E-state index in [0.29, 0.717) is 6.04 Å². The Hall–Kier alpha value is -1.02. The Morgan fingerprint density at radius 3 is 3.21 bits per heavy atom. The molecule has 1 fully saturated rings. The smallest absolute Gasteiger partial charge is 0.123 e. The third-order valence-corrected chi connectivity index (χ3v) is 3.28. The molecular weight excluding hydrogens is 174 g/mol. The second-order valence-electron chi connectivity index (χ2n) is 4.19. The third kappa shape index (κ3) is 1.30. The summed E-state index contributed by atoms with van der Waals surface area (Å²) in [6.07, 6.45) is 2.63. The second-order valence-corrected chi connectivity index (χ2v) is 4.19. The van der Waals surface area contributed by atoms with Crippen LogP contribution in [0.2, 0.25) is 0 Å². The molecule has 2 heteroatoms. The highest BCUT2D eigenvalue weighted by atomic mass is 16.5. The Balaban J connectivity index is 1.93. The van der Waals surface area contributed by atoms with Crippen molar-refractivity contribution in [3.8, 4) is 5.75 Å². The van der Waals surface area contributed by atoms with Crippen LogP contribution in [0.3, 0.4) is 0 Å². The number of hydrogen-bond donors (Lipinski definition) is 0. The van der Waals surface area contributed by atoms with E-state index < -0.39 is 0 Å². The Morgan fingerprint density at radius 1 is 1.29 bits per heavy atom. The maximum Gasteiger partial charge on any atom is 0.123 e. The quantitative estimate of drug-likeness (QED) is 0.619. The fourth-order valence-electron chi connectivity index (χ4n) is 2.47. The van der Waals surface area contributed by atoms with Crippen LogP contribution in [0.1, 0.15) is 18.4 Å². The third-order valence-electron chi connectivity index (χ3n) is 3.28. The Bertz CT molecular complexity index is 337. The molecule has 1 aromatic carbocycles. The van der Waals surface area contributed by atoms with Crippen LogP contribution < -0.4 is 4.74 Å². The lowest BCUT2D eigenvalue weighted by molar-refractivity contribution is 0.188. The lowest BCUT2D eigenvalue weighted by Crippen LogP contribution is -2.31. The summed E-state index contributed by atoms with van der Waals surface area (Å²) < 4.78 is 5.82. The van der Waals surface area contributed by atoms with Crippen LogP contribution >= 0.6 is 0 Å². The summed E-state index contributed by atoms with van der Waals surface area (Å²) in [4.78, 5) is 2.55. The first-order valence-corrected chi connectivity index (χ1v) is 5.38. The zero-order chi connectivity index (χ0) is 9.38. The average Bonchev–Trinajstić information content (AvgIpc) is 2.58. The molecule has 1 aromatic rings. The number of fused-ring (bicyclic) bond motifs is 2. The minimum absolute atomic E-state index is 0.655. The van der Waals surface area contributed by atoms with Gasteiger partial charge in [0, 0.05) is 18.2 Å². The van der Waals surface area contributed by atoms with E-state index in [1.165, 1.54) is 24.9 Å². The molecule has 0 N–H and O–H groups in total. The summed E-state index contributed by atoms with van der Waals surface area (Å²) in [6, 6.07) is 9.06. The second kappa shape index (κ2) is 3.28. The summed E-state index contributed by atoms with van der Waals surface area (Å²) in [5, 5.41) is 0. The van der Waals surface area contributed by atoms with Gasteiger partial charge in [0.05, 0.1) is 0 Å². The van der Waals surface area contributed by atoms with Crippen molar-refractivity contribution in [3.05, 3.63) is 29.8 Å². The summed E-state index contributed by atoms with van der Waals surface area (Å²) >= 11 is 0. The average molecular weight is 189 g/mol. The van der Waals surface area contributed by atoms with Crippen molar-refractivity contribution >= 4 is 0 Å². The topological polar surface area (TPSA) is 12.5 Å². The molecule has 0 aromatic heterocycles. The fourth-order valence-corrected chi connectivity index (χ4v) is 2.47. The molecule has 74 valence electrons. The standard InChI is InChI=1S/C12H15NO/c1-2-6-12-10(4-1)8-13-7-3-5-11(13)9-14-12/h1-2,4,6,11H,3,5,7-9H2/t11-/m1/s1. The number of para-hydroxylation sites is 1. The van der Waals surface area contributed by atoms with Crippen molar-refractivity contribution < 1.29 is 4.74 Å². The highest BCUT2D eigenvalue weighted by molar-refractivity contribution is 5.34. The van der Waals surface area contributed by atoms with Crippen LogP contribution in [0.4, 0.5) is 0 Å². The lowest BCUT2D eigenvalue weighted by Gasteiger charge is -2.19. The molecule has 1 saturated heterocycles. The van der Waals surface area contributed by atoms with E-state index in [0.717, 1.165) is 18.9 Å². The van der Waals surface area contributed by atoms with Gasteiger partial charge >= 0.3 is 0 Å². The van der Waals surface area contributed by atoms with Crippen LogP contribution in [-0.4, -0.2) is 24.1 Å². The predicted octanol–water partition coefficient (Wildman–Crippen LogP) is 2.04. The largest absolute Gasteiger partial charge is 0.492 e. The Labute approximate surface area is 84.5 Å². The summed E-state index contributed by atoms with van der Waals surface area (Å²) in [6.45, 7) is 3.18. The molecule has 0 spiro atoms. The van der Waals surface area contributed by atoms with Crippen LogP contribution in [0, 0.1) is 0 Å². The van der Waals surface area contributed by atoms with Crippen LogP contribution in [0.5, 0.6) is 5.75 Å². The van der Waals surface area contributed by atoms with Gasteiger partial charge in [0.2, 0.25) is 0 Å². The molecular formula is C12H15NO. The molecule has 0 saturated carbocycles. The molecule has 1 atom stereocenters. The molecule has 0 amide bonds. The highest BCUT2D eigenvalue weighted by Gasteiger charge is 2.28. The molecule has 2 aliphatic heterocycles. The van der Waals surface area contributed by atoms with E-state index >= 15 is 0 Å². The molecule has 2 aliphatic rings. The van der Waals surface area contributed by atoms with Gasteiger partial charge in [-0.05, 0) is 25.5 Å². The number of rotatable bonds is 0. The number of nitrogens with zero attached hydrogens (tertiary/aromatic N) is 1. The molecule has 14 heavy (non-hydrogen) atoms. The van der Waals surface area contributed by atoms with Gasteiger partial charge in [0.1, 0.15) is 12.4 Å². The summed E-state index contributed by atoms with van der Waals surface area (Å²) in [5.74, 6) is 1.09. The van der Waals surface area contributed by atoms with E-state index in [2.05, 4.69) is 29.2 Å². The summed E-state index contributed by atoms with van der Waals surface area (Å²) in [7, 11) is 0. The zero-order valence-electron chi connectivity index (χ0n) is 8.28. The number of hydrogen-bond acceptors (Lipinski definition) is 2. The van der Waals surface area contributed by atoms with Crippen molar-refractivity contribution in [2.75, 3.05) is 13.2 Å². The van der Waals surface area contributed by atoms with E-state index in [4.69, 9.17) is 4.74 Å². The van der Waals surface area contributed by atoms with Gasteiger partial charge in [-0.1, -0.05) is 18.2 Å². The molecule has 2 heterocycles. The van der Waals surface area contributed by atoms with Crippen LogP contribution in [0.15, 0.2) is 24.3 Å². The van der Waals surface area contributed by atoms with Gasteiger partial charge in [-0.15, -0.1) is 0 Å². The SMILES string of the molecule is c1ccc2c(c1)CN1CCC[C@@H]1CO2. The molecule has 0 bridgehead atoms. The van der Waals surface area contributed by atoms with Crippen molar-refractivity contribution in [1.82, 2.24) is 4.90 Å². The van der Waals surface area contributed by atoms with Gasteiger partial charge in [-0.25, -0.2) is 0 Å². The first-order chi connectivity index (χ1) is 6.93. The van der Waals surface area contributed by atoms with E-state index in [1.807, 2.05) is 0 Å². The van der Waals surface area contributed by atoms with E-state index in [1.54, 1.807) is 0 Å². The van der Waals surface area contributed by atoms with Crippen LogP contribution in [0.25, 0.3) is 0 Å². The predicted molar refractivity (Wildman–Crippen MR) is 55.4 cm³/mol. The summed E-state index contributed by atoms with van der Waals surface area (Å²) in [5.41, 5.74) is 1.34. The lowest BCUT2D eigenvalue weighted by atomic mass is 10.2. The van der Waals surface area contributed by atoms with Crippen molar-refractivity contribution in [2.45, 2.75) is 25.4 Å². The minimum atomic E-state index is 0.655. The Morgan fingerprint density at radius 2 is 2.21 bits per heavy atom. The van der Waals surface area contributed by atoms with E-state index in [-0.39, 0.29) is 0 Å². The van der Waals surface area contributed by atoms with Crippen LogP contribution in [-0.2, 0) is 6.54 Å². The highest BCUT2D eigenvalue weighted by Crippen LogP contribution is 2.28. The fraction of sp³-hybridized carbons (Fsp3) is 0.500. The number of benzene rings is 1. The molecule has 2 nitrogen and oxygen atoms in total. The first kappa shape index (κ1) is 8.30. The van der Waals surface area contributed by atoms with E-state index in [9.17, 15) is 0 Å². The van der Waals surface area contributed by atoms with Gasteiger partial charge in [0.15, 0.2) is 0 Å². The molecule has 0 aliphatic carbocycles. The van der Waals surface area contributed by atoms with Crippen molar-refractivity contribution in [3.63, 3.8) is 0 Å². The van der Waals surface area contributed by atoms with Crippen molar-refractivity contribution in [1.29, 1.82) is 0 Å². The molecule has 0 unspecified atom stereocenters. The minimum Gasteiger partial charge on any atom is -0.492 e. The van der Waals surface area contributed by atoms with Gasteiger partial charge in [-0.3, -0.25) is 4.90 Å². The Kier molecular flexibility index (Phi) is 1.95. The number of ether oxygens (including phenoxy) is 1. The maximum absolute atomic E-state index is 5.82. The monoisotopic (exact) mass is 189 g/mol. The normalized spacial score (nSPS) is 26.1. The maximum atomic E-state index is 5.82. The first-order valence-electron chi connectivity index (χ1n) is 5.38. The van der Waals surface area contributed by atoms with Gasteiger partial charge < -0.3 is 4.74 Å². The van der Waals surface area contributed by atoms with Gasteiger partial charge in [0.25, 0.3) is 0 Å². The van der Waals surface area contributed by atoms with Gasteiger partial charge in [-0.2, -0.15) is 0 Å².